The number of nitrogens with one attached hydrogen (secondary N) is 1. The molecular weight excluding hydrogens is 510 g/mol. The van der Waals surface area contributed by atoms with Gasteiger partial charge in [-0.3, -0.25) is 14.6 Å². The molecule has 198 valence electrons. The summed E-state index contributed by atoms with van der Waals surface area (Å²) in [7, 11) is -1.51. The number of pyridine rings is 1. The molecule has 3 aromatic rings. The Morgan fingerprint density at radius 1 is 1.16 bits per heavy atom. The number of benzene rings is 1. The van der Waals surface area contributed by atoms with Gasteiger partial charge in [0, 0.05) is 28.6 Å². The quantitative estimate of drug-likeness (QED) is 0.262. The summed E-state index contributed by atoms with van der Waals surface area (Å²) in [5, 5.41) is 3.67. The number of carbonyl (C=O) groups excluding carboxylic acids is 3. The largest absolute Gasteiger partial charge is 0.449 e. The normalized spacial score (nSPS) is 12.6. The molecule has 1 N–H and O–H groups in total. The zero-order valence-electron chi connectivity index (χ0n) is 22.3. The molecule has 1 aromatic carbocycles. The molecule has 1 amide bonds. The smallest absolute Gasteiger partial charge is 0.419 e. The number of halogens is 1. The molecule has 2 heterocycles. The maximum atomic E-state index is 14.3. The molecule has 0 aliphatic carbocycles. The fraction of sp³-hybridized carbons (Fsp3) is 0.407. The van der Waals surface area contributed by atoms with E-state index in [0.29, 0.717) is 21.5 Å². The third-order valence-corrected chi connectivity index (χ3v) is 6.76. The van der Waals surface area contributed by atoms with Gasteiger partial charge in [-0.25, -0.2) is 9.36 Å². The number of hydrogen-bond donors (Lipinski definition) is 1. The van der Waals surface area contributed by atoms with Gasteiger partial charge in [0.2, 0.25) is 11.7 Å². The summed E-state index contributed by atoms with van der Waals surface area (Å²) >= 11 is 6.27. The molecule has 37 heavy (non-hydrogen) atoms. The first-order valence-electron chi connectivity index (χ1n) is 12.4. The van der Waals surface area contributed by atoms with Crippen LogP contribution >= 0.6 is 11.6 Å². The summed E-state index contributed by atoms with van der Waals surface area (Å²) in [5.74, 6) is -0.847. The molecule has 8 nitrogen and oxygen atoms in total. The molecular formula is C27H34ClN3O5Si. The van der Waals surface area contributed by atoms with Gasteiger partial charge in [0.25, 0.3) is 0 Å². The van der Waals surface area contributed by atoms with Gasteiger partial charge in [-0.05, 0) is 49.7 Å². The SMILES string of the molecule is CCOC(=O)n1c(C(=O)c2ncccc2C(O[SiH](C)C)C(C)(C)C)c(NC(=O)CC)c2ccc(Cl)cc21. The summed E-state index contributed by atoms with van der Waals surface area (Å²) in [6.07, 6.45) is 0.546. The second-order valence-corrected chi connectivity index (χ2v) is 12.8. The van der Waals surface area contributed by atoms with Crippen LogP contribution in [0.3, 0.4) is 0 Å². The minimum atomic E-state index is -1.51. The molecule has 3 rings (SSSR count). The van der Waals surface area contributed by atoms with Crippen molar-refractivity contribution in [2.75, 3.05) is 11.9 Å². The van der Waals surface area contributed by atoms with Gasteiger partial charge >= 0.3 is 6.09 Å². The van der Waals surface area contributed by atoms with Crippen molar-refractivity contribution in [3.05, 3.63) is 58.5 Å². The van der Waals surface area contributed by atoms with Gasteiger partial charge in [0.15, 0.2) is 9.04 Å². The van der Waals surface area contributed by atoms with E-state index in [1.807, 2.05) is 26.8 Å². The van der Waals surface area contributed by atoms with Crippen molar-refractivity contribution < 1.29 is 23.5 Å². The lowest BCUT2D eigenvalue weighted by atomic mass is 9.83. The van der Waals surface area contributed by atoms with E-state index in [0.717, 1.165) is 0 Å². The van der Waals surface area contributed by atoms with Gasteiger partial charge in [0.05, 0.1) is 23.9 Å². The molecule has 0 fully saturated rings. The highest BCUT2D eigenvalue weighted by Crippen LogP contribution is 2.40. The van der Waals surface area contributed by atoms with Crippen molar-refractivity contribution in [3.63, 3.8) is 0 Å². The summed E-state index contributed by atoms with van der Waals surface area (Å²) in [5.41, 5.74) is 0.926. The lowest BCUT2D eigenvalue weighted by Crippen LogP contribution is -2.29. The number of fused-ring (bicyclic) bond motifs is 1. The average Bonchev–Trinajstić information content (AvgIpc) is 3.14. The predicted octanol–water partition coefficient (Wildman–Crippen LogP) is 6.36. The van der Waals surface area contributed by atoms with E-state index in [1.165, 1.54) is 10.8 Å². The van der Waals surface area contributed by atoms with Gasteiger partial charge in [-0.2, -0.15) is 0 Å². The van der Waals surface area contributed by atoms with Gasteiger partial charge in [0.1, 0.15) is 11.4 Å². The summed E-state index contributed by atoms with van der Waals surface area (Å²) in [4.78, 5) is 44.5. The van der Waals surface area contributed by atoms with E-state index >= 15 is 0 Å². The maximum absolute atomic E-state index is 14.3. The van der Waals surface area contributed by atoms with Crippen molar-refractivity contribution in [2.24, 2.45) is 5.41 Å². The van der Waals surface area contributed by atoms with Gasteiger partial charge in [-0.15, -0.1) is 0 Å². The lowest BCUT2D eigenvalue weighted by molar-refractivity contribution is -0.115. The second-order valence-electron chi connectivity index (χ2n) is 10.0. The molecule has 0 saturated carbocycles. The Labute approximate surface area is 224 Å². The first-order chi connectivity index (χ1) is 17.4. The molecule has 0 radical (unpaired) electrons. The highest BCUT2D eigenvalue weighted by atomic mass is 35.5. The minimum Gasteiger partial charge on any atom is -0.449 e. The van der Waals surface area contributed by atoms with Crippen LogP contribution in [0, 0.1) is 5.41 Å². The molecule has 2 aromatic heterocycles. The summed E-state index contributed by atoms with van der Waals surface area (Å²) < 4.78 is 12.9. The molecule has 1 atom stereocenters. The van der Waals surface area contributed by atoms with Crippen LogP contribution in [0.25, 0.3) is 10.9 Å². The Morgan fingerprint density at radius 2 is 1.86 bits per heavy atom. The number of hydrogen-bond acceptors (Lipinski definition) is 6. The van der Waals surface area contributed by atoms with Crippen molar-refractivity contribution in [1.82, 2.24) is 9.55 Å². The number of ketones is 1. The van der Waals surface area contributed by atoms with Crippen molar-refractivity contribution in [2.45, 2.75) is 60.2 Å². The zero-order chi connectivity index (χ0) is 27.5. The van der Waals surface area contributed by atoms with Gasteiger partial charge in [-0.1, -0.05) is 45.4 Å². The number of nitrogens with zero attached hydrogens (tertiary/aromatic N) is 2. The standard InChI is InChI=1S/C27H34ClN3O5Si/c1-8-20(32)30-21-17-13-12-16(28)15-19(17)31(26(34)35-9-2)23(21)24(33)22-18(11-10-14-29-22)25(27(3,4)5)36-37(6)7/h10-15,25,37H,8-9H2,1-7H3,(H,30,32). The number of amides is 1. The van der Waals surface area contributed by atoms with Crippen LogP contribution < -0.4 is 5.32 Å². The highest BCUT2D eigenvalue weighted by Gasteiger charge is 2.35. The fourth-order valence-corrected chi connectivity index (χ4v) is 5.42. The molecule has 0 aliphatic heterocycles. The number of anilines is 1. The molecule has 0 bridgehead atoms. The Balaban J connectivity index is 2.37. The van der Waals surface area contributed by atoms with Crippen molar-refractivity contribution in [1.29, 1.82) is 0 Å². The molecule has 0 aliphatic rings. The number of rotatable bonds is 8. The van der Waals surface area contributed by atoms with E-state index in [2.05, 4.69) is 23.4 Å². The van der Waals surface area contributed by atoms with E-state index in [4.69, 9.17) is 20.8 Å². The Morgan fingerprint density at radius 3 is 2.46 bits per heavy atom. The number of aromatic nitrogens is 2. The maximum Gasteiger partial charge on any atom is 0.419 e. The van der Waals surface area contributed by atoms with Crippen LogP contribution in [0.15, 0.2) is 36.5 Å². The lowest BCUT2D eigenvalue weighted by Gasteiger charge is -2.33. The van der Waals surface area contributed by atoms with Crippen molar-refractivity contribution >= 4 is 55.0 Å². The summed E-state index contributed by atoms with van der Waals surface area (Å²) in [6, 6.07) is 8.46. The van der Waals surface area contributed by atoms with Crippen LogP contribution in [0.4, 0.5) is 10.5 Å². The molecule has 0 saturated heterocycles. The third kappa shape index (κ3) is 6.11. The summed E-state index contributed by atoms with van der Waals surface area (Å²) in [6.45, 7) is 13.7. The van der Waals surface area contributed by atoms with Crippen LogP contribution in [0.2, 0.25) is 18.1 Å². The number of ether oxygens (including phenoxy) is 1. The molecule has 1 unspecified atom stereocenters. The second kappa shape index (κ2) is 11.6. The van der Waals surface area contributed by atoms with E-state index in [1.54, 1.807) is 38.1 Å². The van der Waals surface area contributed by atoms with Crippen LogP contribution in [0.1, 0.15) is 68.9 Å². The van der Waals surface area contributed by atoms with E-state index < -0.39 is 27.0 Å². The zero-order valence-corrected chi connectivity index (χ0v) is 24.3. The monoisotopic (exact) mass is 543 g/mol. The fourth-order valence-electron chi connectivity index (χ4n) is 4.16. The highest BCUT2D eigenvalue weighted by molar-refractivity contribution is 6.48. The number of carbonyl (C=O) groups is 3. The Hall–Kier alpha value is -3.01. The first kappa shape index (κ1) is 28.6. The van der Waals surface area contributed by atoms with Crippen LogP contribution in [0.5, 0.6) is 0 Å². The van der Waals surface area contributed by atoms with E-state index in [9.17, 15) is 14.4 Å². The van der Waals surface area contributed by atoms with Crippen LogP contribution in [-0.2, 0) is 14.0 Å². The Bertz CT molecular complexity index is 1330. The molecule has 0 spiro atoms. The Kier molecular flexibility index (Phi) is 8.94. The van der Waals surface area contributed by atoms with E-state index in [-0.39, 0.29) is 41.4 Å². The topological polar surface area (TPSA) is 99.5 Å². The first-order valence-corrected chi connectivity index (χ1v) is 15.5. The van der Waals surface area contributed by atoms with Gasteiger partial charge < -0.3 is 14.5 Å². The third-order valence-electron chi connectivity index (χ3n) is 5.71. The molecule has 10 heteroatoms. The average molecular weight is 544 g/mol. The van der Waals surface area contributed by atoms with Crippen LogP contribution in [-0.4, -0.2) is 43.0 Å². The minimum absolute atomic E-state index is 0.0492. The predicted molar refractivity (Wildman–Crippen MR) is 148 cm³/mol. The van der Waals surface area contributed by atoms with Crippen molar-refractivity contribution in [3.8, 4) is 0 Å².